The van der Waals surface area contributed by atoms with Gasteiger partial charge in [-0.05, 0) is 73.5 Å². The van der Waals surface area contributed by atoms with Crippen LogP contribution in [-0.4, -0.2) is 45.8 Å². The van der Waals surface area contributed by atoms with Crippen LogP contribution < -0.4 is 10.6 Å². The quantitative estimate of drug-likeness (QED) is 0.396. The maximum Gasteiger partial charge on any atom is 0.416 e. The van der Waals surface area contributed by atoms with Gasteiger partial charge in [-0.15, -0.1) is 5.10 Å². The van der Waals surface area contributed by atoms with Crippen molar-refractivity contribution >= 4 is 17.6 Å². The number of benzene rings is 2. The van der Waals surface area contributed by atoms with Crippen molar-refractivity contribution in [2.24, 2.45) is 0 Å². The molecule has 0 aliphatic carbocycles. The Hall–Kier alpha value is -5.05. The minimum atomic E-state index is -4.61. The van der Waals surface area contributed by atoms with Crippen LogP contribution in [0.1, 0.15) is 41.6 Å². The van der Waals surface area contributed by atoms with Gasteiger partial charge in [-0.1, -0.05) is 24.3 Å². The van der Waals surface area contributed by atoms with Crippen molar-refractivity contribution in [1.82, 2.24) is 19.7 Å². The Morgan fingerprint density at radius 2 is 2.02 bits per heavy atom. The van der Waals surface area contributed by atoms with Crippen LogP contribution in [0, 0.1) is 11.3 Å². The zero-order valence-corrected chi connectivity index (χ0v) is 22.9. The van der Waals surface area contributed by atoms with Crippen molar-refractivity contribution in [2.45, 2.75) is 32.0 Å². The number of methoxy groups -OCH3 is 1. The molecule has 3 heterocycles. The largest absolute Gasteiger partial charge is 0.466 e. The van der Waals surface area contributed by atoms with E-state index >= 15 is 0 Å². The molecule has 1 N–H and O–H groups in total. The molecule has 1 aromatic heterocycles. The minimum Gasteiger partial charge on any atom is -0.466 e. The van der Waals surface area contributed by atoms with Crippen molar-refractivity contribution in [2.75, 3.05) is 25.1 Å². The van der Waals surface area contributed by atoms with Crippen molar-refractivity contribution in [3.8, 4) is 6.07 Å². The third kappa shape index (κ3) is 5.33. The summed E-state index contributed by atoms with van der Waals surface area (Å²) in [7, 11) is 1.20. The van der Waals surface area contributed by atoms with Crippen LogP contribution in [0.2, 0.25) is 0 Å². The number of nitriles is 1. The second kappa shape index (κ2) is 11.4. The summed E-state index contributed by atoms with van der Waals surface area (Å²) in [6, 6.07) is 10.7. The summed E-state index contributed by atoms with van der Waals surface area (Å²) in [5.74, 6) is -0.746. The minimum absolute atomic E-state index is 0.00929. The lowest BCUT2D eigenvalue weighted by atomic mass is 9.88. The first-order valence-corrected chi connectivity index (χ1v) is 13.2. The fourth-order valence-corrected chi connectivity index (χ4v) is 5.38. The Morgan fingerprint density at radius 1 is 1.21 bits per heavy atom. The number of aromatic amines is 1. The molecule has 2 aliphatic rings. The molecular formula is C30H27F3N6O3. The SMILES string of the molecule is COC(=O)C1=C(C)N(c2cccc(C(F)(F)F)c2)c2n[nH]c(=O)n2[C@@H]1c1ccc(C#N)cc1CCCN1C=CC=CC1. The van der Waals surface area contributed by atoms with E-state index in [1.165, 1.54) is 28.7 Å². The fourth-order valence-electron chi connectivity index (χ4n) is 5.38. The number of carbonyl (C=O) groups is 1. The maximum atomic E-state index is 13.6. The summed E-state index contributed by atoms with van der Waals surface area (Å²) in [6.07, 6.45) is 4.60. The number of ether oxygens (including phenoxy) is 1. The molecule has 42 heavy (non-hydrogen) atoms. The number of nitrogens with one attached hydrogen (secondary N) is 1. The number of hydrogen-bond donors (Lipinski definition) is 1. The zero-order valence-electron chi connectivity index (χ0n) is 22.9. The van der Waals surface area contributed by atoms with Gasteiger partial charge in [-0.2, -0.15) is 18.4 Å². The number of aryl methyl sites for hydroxylation is 1. The van der Waals surface area contributed by atoms with Gasteiger partial charge in [0.25, 0.3) is 0 Å². The van der Waals surface area contributed by atoms with E-state index in [1.54, 1.807) is 25.1 Å². The monoisotopic (exact) mass is 576 g/mol. The highest BCUT2D eigenvalue weighted by molar-refractivity contribution is 5.93. The number of esters is 1. The van der Waals surface area contributed by atoms with Crippen LogP contribution in [0.4, 0.5) is 24.8 Å². The Kier molecular flexibility index (Phi) is 7.76. The van der Waals surface area contributed by atoms with Gasteiger partial charge in [-0.25, -0.2) is 19.3 Å². The predicted octanol–water partition coefficient (Wildman–Crippen LogP) is 4.97. The normalized spacial score (nSPS) is 16.4. The van der Waals surface area contributed by atoms with Gasteiger partial charge in [0.05, 0.1) is 29.9 Å². The molecule has 2 aliphatic heterocycles. The third-order valence-corrected chi connectivity index (χ3v) is 7.32. The van der Waals surface area contributed by atoms with E-state index in [2.05, 4.69) is 21.2 Å². The summed E-state index contributed by atoms with van der Waals surface area (Å²) in [5.41, 5.74) is 0.544. The molecule has 12 heteroatoms. The van der Waals surface area contributed by atoms with E-state index in [0.717, 1.165) is 30.8 Å². The summed E-state index contributed by atoms with van der Waals surface area (Å²) in [6.45, 7) is 3.08. The van der Waals surface area contributed by atoms with E-state index in [4.69, 9.17) is 4.74 Å². The standard InChI is InChI=1S/C30H27F3N6O3/c1-19-25(27(40)42-2)26(24-12-11-20(18-34)16-21(24)8-7-15-37-13-4-3-5-14-37)39-28(35-36-29(39)41)38(19)23-10-6-9-22(17-23)30(31,32)33/h3-6,9-13,16-17,26H,7-8,14-15H2,1-2H3,(H,36,41)/t26-/m1/s1. The zero-order chi connectivity index (χ0) is 30.0. The lowest BCUT2D eigenvalue weighted by molar-refractivity contribution is -0.138. The van der Waals surface area contributed by atoms with Crippen LogP contribution in [0.3, 0.4) is 0 Å². The summed E-state index contributed by atoms with van der Waals surface area (Å²) < 4.78 is 47.1. The highest BCUT2D eigenvalue weighted by Gasteiger charge is 2.41. The number of aromatic nitrogens is 3. The van der Waals surface area contributed by atoms with Gasteiger partial charge in [0.15, 0.2) is 0 Å². The number of hydrogen-bond acceptors (Lipinski definition) is 7. The Balaban J connectivity index is 1.65. The van der Waals surface area contributed by atoms with Crippen LogP contribution >= 0.6 is 0 Å². The van der Waals surface area contributed by atoms with Crippen molar-refractivity contribution in [1.29, 1.82) is 5.26 Å². The molecule has 0 amide bonds. The van der Waals surface area contributed by atoms with Crippen LogP contribution in [-0.2, 0) is 22.1 Å². The molecule has 0 saturated carbocycles. The molecule has 0 radical (unpaired) electrons. The van der Waals surface area contributed by atoms with E-state index in [1.807, 2.05) is 24.4 Å². The molecule has 2 aromatic carbocycles. The lowest BCUT2D eigenvalue weighted by Gasteiger charge is -2.36. The maximum absolute atomic E-state index is 13.6. The van der Waals surface area contributed by atoms with Gasteiger partial charge in [0.2, 0.25) is 5.95 Å². The molecule has 1 atom stereocenters. The van der Waals surface area contributed by atoms with Gasteiger partial charge < -0.3 is 9.64 Å². The molecule has 0 saturated heterocycles. The molecule has 0 bridgehead atoms. The summed E-state index contributed by atoms with van der Waals surface area (Å²) >= 11 is 0. The second-order valence-corrected chi connectivity index (χ2v) is 9.87. The van der Waals surface area contributed by atoms with Crippen molar-refractivity contribution in [3.63, 3.8) is 0 Å². The first-order valence-electron chi connectivity index (χ1n) is 13.2. The number of rotatable bonds is 7. The number of H-pyrrole nitrogens is 1. The first-order chi connectivity index (χ1) is 20.1. The Labute approximate surface area is 239 Å². The Morgan fingerprint density at radius 3 is 2.71 bits per heavy atom. The van der Waals surface area contributed by atoms with E-state index in [0.29, 0.717) is 24.0 Å². The summed E-state index contributed by atoms with van der Waals surface area (Å²) in [5, 5.41) is 16.1. The molecular weight excluding hydrogens is 549 g/mol. The highest BCUT2D eigenvalue weighted by atomic mass is 19.4. The number of carbonyl (C=O) groups excluding carboxylic acids is 1. The van der Waals surface area contributed by atoms with Gasteiger partial charge in [0, 0.05) is 24.5 Å². The van der Waals surface area contributed by atoms with Gasteiger partial charge >= 0.3 is 17.8 Å². The average Bonchev–Trinajstić information content (AvgIpc) is 3.36. The van der Waals surface area contributed by atoms with Crippen LogP contribution in [0.15, 0.2) is 83.0 Å². The van der Waals surface area contributed by atoms with Crippen molar-refractivity contribution < 1.29 is 22.7 Å². The van der Waals surface area contributed by atoms with Crippen LogP contribution in [0.5, 0.6) is 0 Å². The van der Waals surface area contributed by atoms with Gasteiger partial charge in [-0.3, -0.25) is 4.90 Å². The molecule has 9 nitrogen and oxygen atoms in total. The van der Waals surface area contributed by atoms with E-state index < -0.39 is 29.4 Å². The molecule has 216 valence electrons. The molecule has 0 spiro atoms. The van der Waals surface area contributed by atoms with Crippen LogP contribution in [0.25, 0.3) is 0 Å². The smallest absolute Gasteiger partial charge is 0.416 e. The molecule has 0 fully saturated rings. The second-order valence-electron chi connectivity index (χ2n) is 9.87. The fraction of sp³-hybridized carbons (Fsp3) is 0.267. The summed E-state index contributed by atoms with van der Waals surface area (Å²) in [4.78, 5) is 30.1. The number of nitrogens with zero attached hydrogens (tertiary/aromatic N) is 5. The molecule has 3 aromatic rings. The number of alkyl halides is 3. The van der Waals surface area contributed by atoms with Crippen molar-refractivity contribution in [3.05, 3.63) is 111 Å². The highest BCUT2D eigenvalue weighted by Crippen LogP contribution is 2.43. The first kappa shape index (κ1) is 28.5. The number of anilines is 2. The van der Waals surface area contributed by atoms with E-state index in [-0.39, 0.29) is 22.9 Å². The number of fused-ring (bicyclic) bond motifs is 1. The number of halogens is 3. The predicted molar refractivity (Wildman–Crippen MR) is 149 cm³/mol. The molecule has 0 unspecified atom stereocenters. The Bertz CT molecular complexity index is 1710. The van der Waals surface area contributed by atoms with Gasteiger partial charge in [0.1, 0.15) is 6.04 Å². The molecule has 5 rings (SSSR count). The topological polar surface area (TPSA) is 107 Å². The lowest BCUT2D eigenvalue weighted by Crippen LogP contribution is -2.38. The third-order valence-electron chi connectivity index (χ3n) is 7.32. The van der Waals surface area contributed by atoms with E-state index in [9.17, 15) is 28.0 Å². The average molecular weight is 577 g/mol. The number of allylic oxidation sites excluding steroid dienone is 3.